The van der Waals surface area contributed by atoms with Gasteiger partial charge in [0.1, 0.15) is 5.65 Å². The second-order valence-electron chi connectivity index (χ2n) is 12.1. The molecule has 0 unspecified atom stereocenters. The topological polar surface area (TPSA) is 22.2 Å². The second-order valence-corrected chi connectivity index (χ2v) is 13.1. The summed E-state index contributed by atoms with van der Waals surface area (Å²) in [7, 11) is 0. The van der Waals surface area contributed by atoms with Crippen molar-refractivity contribution in [2.75, 3.05) is 0 Å². The van der Waals surface area contributed by atoms with E-state index in [9.17, 15) is 0 Å². The fourth-order valence-electron chi connectivity index (χ4n) is 7.08. The Morgan fingerprint density at radius 2 is 1.15 bits per heavy atom. The fraction of sp³-hybridized carbons (Fsp3) is 0. The average molecular weight is 618 g/mol. The number of rotatable bonds is 4. The zero-order chi connectivity index (χ0) is 30.9. The average Bonchev–Trinajstić information content (AvgIpc) is 3.84. The quantitative estimate of drug-likeness (QED) is 0.193. The van der Waals surface area contributed by atoms with Gasteiger partial charge in [0, 0.05) is 49.9 Å². The van der Waals surface area contributed by atoms with Crippen molar-refractivity contribution in [2.45, 2.75) is 0 Å². The Kier molecular flexibility index (Phi) is 5.74. The lowest BCUT2D eigenvalue weighted by atomic mass is 10.0. The van der Waals surface area contributed by atoms with Crippen LogP contribution in [0.1, 0.15) is 0 Å². The lowest BCUT2D eigenvalue weighted by Crippen LogP contribution is -1.94. The van der Waals surface area contributed by atoms with Crippen LogP contribution in [0, 0.1) is 0 Å². The highest BCUT2D eigenvalue weighted by molar-refractivity contribution is 7.26. The molecule has 10 rings (SSSR count). The maximum absolute atomic E-state index is 4.87. The molecule has 0 aliphatic carbocycles. The van der Waals surface area contributed by atoms with Gasteiger partial charge in [0.15, 0.2) is 0 Å². The zero-order valence-electron chi connectivity index (χ0n) is 25.3. The molecule has 0 N–H and O–H groups in total. The van der Waals surface area contributed by atoms with Crippen LogP contribution in [0.15, 0.2) is 164 Å². The predicted octanol–water partition coefficient (Wildman–Crippen LogP) is 11.8. The lowest BCUT2D eigenvalue weighted by molar-refractivity contribution is 1.19. The van der Waals surface area contributed by atoms with Crippen LogP contribution in [0.3, 0.4) is 0 Å². The first kappa shape index (κ1) is 26.3. The van der Waals surface area contributed by atoms with Gasteiger partial charge in [0.2, 0.25) is 0 Å². The normalized spacial score (nSPS) is 11.8. The smallest absolute Gasteiger partial charge is 0.137 e. The van der Waals surface area contributed by atoms with E-state index in [1.54, 1.807) is 0 Å². The van der Waals surface area contributed by atoms with Crippen molar-refractivity contribution < 1.29 is 0 Å². The number of pyridine rings is 1. The van der Waals surface area contributed by atoms with Gasteiger partial charge in [0.05, 0.1) is 21.4 Å². The maximum atomic E-state index is 4.87. The molecule has 0 aliphatic heterocycles. The highest BCUT2D eigenvalue weighted by atomic mass is 32.1. The molecule has 0 amide bonds. The minimum Gasteiger partial charge on any atom is -0.308 e. The first-order chi connectivity index (χ1) is 23.3. The molecule has 47 heavy (non-hydrogen) atoms. The van der Waals surface area contributed by atoms with E-state index in [0.29, 0.717) is 0 Å². The van der Waals surface area contributed by atoms with Gasteiger partial charge in [-0.25, -0.2) is 4.98 Å². The van der Waals surface area contributed by atoms with E-state index >= 15 is 0 Å². The molecule has 4 heteroatoms. The number of hydrogen-bond donors (Lipinski definition) is 0. The molecule has 4 aromatic heterocycles. The summed E-state index contributed by atoms with van der Waals surface area (Å²) in [6.07, 6.45) is 4.14. The van der Waals surface area contributed by atoms with E-state index in [4.69, 9.17) is 4.98 Å². The van der Waals surface area contributed by atoms with Crippen molar-refractivity contribution >= 4 is 59.0 Å². The van der Waals surface area contributed by atoms with Crippen LogP contribution >= 0.6 is 11.3 Å². The van der Waals surface area contributed by atoms with Crippen LogP contribution in [0.2, 0.25) is 0 Å². The van der Waals surface area contributed by atoms with Gasteiger partial charge < -0.3 is 8.97 Å². The van der Waals surface area contributed by atoms with Crippen molar-refractivity contribution in [1.82, 2.24) is 14.0 Å². The molecular weight excluding hydrogens is 591 g/mol. The first-order valence-electron chi connectivity index (χ1n) is 15.9. The third-order valence-corrected chi connectivity index (χ3v) is 10.6. The van der Waals surface area contributed by atoms with E-state index in [-0.39, 0.29) is 0 Å². The third-order valence-electron chi connectivity index (χ3n) is 9.36. The Balaban J connectivity index is 1.22. The van der Waals surface area contributed by atoms with Gasteiger partial charge in [-0.3, -0.25) is 0 Å². The molecule has 0 saturated carbocycles. The summed E-state index contributed by atoms with van der Waals surface area (Å²) in [5.41, 5.74) is 11.6. The van der Waals surface area contributed by atoms with E-state index in [1.807, 2.05) is 35.7 Å². The molecule has 0 spiro atoms. The summed E-state index contributed by atoms with van der Waals surface area (Å²) in [5.74, 6) is 0. The molecular formula is C43H27N3S. The number of nitrogens with zero attached hydrogens (tertiary/aromatic N) is 3. The zero-order valence-corrected chi connectivity index (χ0v) is 26.2. The molecule has 0 fully saturated rings. The summed E-state index contributed by atoms with van der Waals surface area (Å²) >= 11 is 1.89. The highest BCUT2D eigenvalue weighted by Gasteiger charge is 2.19. The fourth-order valence-corrected chi connectivity index (χ4v) is 8.30. The second kappa shape index (κ2) is 10.3. The third kappa shape index (κ3) is 4.16. The molecule has 0 saturated heterocycles. The summed E-state index contributed by atoms with van der Waals surface area (Å²) in [4.78, 5) is 4.87. The van der Waals surface area contributed by atoms with Crippen LogP contribution in [0.25, 0.3) is 86.8 Å². The molecule has 0 bridgehead atoms. The number of hydrogen-bond acceptors (Lipinski definition) is 2. The Bertz CT molecular complexity index is 2730. The minimum absolute atomic E-state index is 0.950. The van der Waals surface area contributed by atoms with Crippen LogP contribution in [-0.4, -0.2) is 14.0 Å². The van der Waals surface area contributed by atoms with Gasteiger partial charge >= 0.3 is 0 Å². The highest BCUT2D eigenvalue weighted by Crippen LogP contribution is 2.44. The number of benzene rings is 6. The predicted molar refractivity (Wildman–Crippen MR) is 199 cm³/mol. The number of thiophene rings is 1. The SMILES string of the molecule is c1ccc(-c2ccc3sc4c(ccc5c6cc(-c7ccccc7)ccc6n(-c6ccc(-c7cn8ccccc8n7)cc6)c54)c3c2)cc1. The largest absolute Gasteiger partial charge is 0.308 e. The monoisotopic (exact) mass is 617 g/mol. The Morgan fingerprint density at radius 3 is 1.89 bits per heavy atom. The molecule has 0 radical (unpaired) electrons. The summed E-state index contributed by atoms with van der Waals surface area (Å²) in [5, 5.41) is 5.13. The number of imidazole rings is 1. The molecule has 220 valence electrons. The van der Waals surface area contributed by atoms with E-state index in [0.717, 1.165) is 22.6 Å². The summed E-state index contributed by atoms with van der Waals surface area (Å²) in [6, 6.07) is 54.8. The first-order valence-corrected chi connectivity index (χ1v) is 16.7. The molecule has 0 atom stereocenters. The van der Waals surface area contributed by atoms with Crippen LogP contribution in [-0.2, 0) is 0 Å². The molecule has 10 aromatic rings. The van der Waals surface area contributed by atoms with Gasteiger partial charge in [-0.15, -0.1) is 11.3 Å². The molecule has 0 aliphatic rings. The van der Waals surface area contributed by atoms with Gasteiger partial charge in [-0.05, 0) is 70.8 Å². The van der Waals surface area contributed by atoms with E-state index < -0.39 is 0 Å². The lowest BCUT2D eigenvalue weighted by Gasteiger charge is -2.10. The van der Waals surface area contributed by atoms with Crippen LogP contribution in [0.4, 0.5) is 0 Å². The van der Waals surface area contributed by atoms with Crippen molar-refractivity contribution in [3.8, 4) is 39.2 Å². The molecule has 4 heterocycles. The summed E-state index contributed by atoms with van der Waals surface area (Å²) < 4.78 is 7.14. The number of fused-ring (bicyclic) bond motifs is 8. The van der Waals surface area contributed by atoms with E-state index in [2.05, 4.69) is 149 Å². The Hall–Kier alpha value is -5.97. The maximum Gasteiger partial charge on any atom is 0.137 e. The minimum atomic E-state index is 0.950. The van der Waals surface area contributed by atoms with Crippen LogP contribution < -0.4 is 0 Å². The number of aromatic nitrogens is 3. The van der Waals surface area contributed by atoms with Crippen LogP contribution in [0.5, 0.6) is 0 Å². The Morgan fingerprint density at radius 1 is 0.489 bits per heavy atom. The molecule has 6 aromatic carbocycles. The Labute approximate surface area is 275 Å². The van der Waals surface area contributed by atoms with Gasteiger partial charge in [0.25, 0.3) is 0 Å². The standard InChI is InChI=1S/C43H27N3S/c1-3-9-28(10-4-1)31-16-22-39-36(25-31)34-20-21-35-37-26-32(29-11-5-2-6-12-29)17-23-40(37)47-43(35)42(34)46(39)33-18-14-30(15-19-33)38-27-45-24-8-7-13-41(45)44-38/h1-27H. The van der Waals surface area contributed by atoms with Crippen molar-refractivity contribution in [3.05, 3.63) is 164 Å². The van der Waals surface area contributed by atoms with Gasteiger partial charge in [-0.1, -0.05) is 103 Å². The van der Waals surface area contributed by atoms with Crippen molar-refractivity contribution in [2.24, 2.45) is 0 Å². The van der Waals surface area contributed by atoms with Gasteiger partial charge in [-0.2, -0.15) is 0 Å². The van der Waals surface area contributed by atoms with E-state index in [1.165, 1.54) is 64.2 Å². The van der Waals surface area contributed by atoms with Crippen molar-refractivity contribution in [1.29, 1.82) is 0 Å². The van der Waals surface area contributed by atoms with Crippen molar-refractivity contribution in [3.63, 3.8) is 0 Å². The molecule has 3 nitrogen and oxygen atoms in total. The summed E-state index contributed by atoms with van der Waals surface area (Å²) in [6.45, 7) is 0.